The van der Waals surface area contributed by atoms with Gasteiger partial charge in [0.25, 0.3) is 0 Å². The Balaban J connectivity index is 0.000000175. The Bertz CT molecular complexity index is 6640. The van der Waals surface area contributed by atoms with Gasteiger partial charge in [0.1, 0.15) is 11.2 Å². The third-order valence-corrected chi connectivity index (χ3v) is 20.6. The third-order valence-electron chi connectivity index (χ3n) is 20.6. The van der Waals surface area contributed by atoms with Gasteiger partial charge < -0.3 is 48.8 Å². The molecule has 680 valence electrons. The standard InChI is InChI=1S/2C21H18NO.C19H16N.C18H14N.2C12H10N.C11H8N.C5H8O2.4Ir/c2*1-14(2)13-15-7-5-8-16-17-9-6-10-18(21(17)23-20(15)16)19-11-3-4-12-22-19;1-2-15-13-19(17-11-7-4-8-12-17)20-14-18(15)16-9-5-3-6-10-16;1-14-10-11-18(19-13-14)17-9-5-8-16(12-17)15-6-3-2-4-7-15;2*1-10-7-8-12(13-9-10)11-5-3-2-4-6-11;1-2-6-10(7-3-1)11-8-4-5-9-12-11;1-4(6)3-5(2)7;;;;/h2*3-9,11-12,14H,13H2,1-2H3;3-11,13-14H,2H2,1H3;2-8,10-13H,1H3;2*2-5,7-9H,1H3;1-6,8-9H;3,6H,1-2H3;;;;/q7*-1;;;;;. The molecule has 20 aromatic rings. The number of ketones is 1. The summed E-state index contributed by atoms with van der Waals surface area (Å²) in [4.78, 5) is 40.8. The first-order valence-electron chi connectivity index (χ1n) is 43.6. The number of furan rings is 2. The van der Waals surface area contributed by atoms with Crippen LogP contribution in [0.15, 0.2) is 398 Å². The molecule has 0 saturated carbocycles. The molecular formula is C119H102Ir4N7O4-7. The van der Waals surface area contributed by atoms with Crippen molar-refractivity contribution in [1.82, 2.24) is 34.9 Å². The van der Waals surface area contributed by atoms with Gasteiger partial charge in [-0.25, -0.2) is 0 Å². The summed E-state index contributed by atoms with van der Waals surface area (Å²) in [7, 11) is 0. The second-order valence-electron chi connectivity index (χ2n) is 31.8. The zero-order valence-electron chi connectivity index (χ0n) is 76.3. The van der Waals surface area contributed by atoms with Gasteiger partial charge in [-0.05, 0) is 168 Å². The number of carbonyl (C=O) groups excluding carboxylic acids is 1. The van der Waals surface area contributed by atoms with E-state index in [4.69, 9.17) is 13.9 Å². The van der Waals surface area contributed by atoms with Gasteiger partial charge in [0.15, 0.2) is 5.78 Å². The number of aromatic nitrogens is 7. The number of hydrogen-bond donors (Lipinski definition) is 1. The monoisotopic (exact) mass is 2460 g/mol. The number of benzene rings is 11. The quantitative estimate of drug-likeness (QED) is 0.0593. The number of para-hydroxylation sites is 2. The molecule has 11 aromatic carbocycles. The molecular weight excluding hydrogens is 2360 g/mol. The first-order valence-corrected chi connectivity index (χ1v) is 43.6. The number of carbonyl (C=O) groups is 1. The molecule has 20 rings (SSSR count). The number of aliphatic hydroxyl groups is 1. The number of aryl methyl sites for hydroxylation is 4. The van der Waals surface area contributed by atoms with Crippen molar-refractivity contribution in [2.75, 3.05) is 0 Å². The van der Waals surface area contributed by atoms with Crippen LogP contribution in [0, 0.1) is 75.1 Å². The maximum Gasteiger partial charge on any atom is 0.155 e. The average Bonchev–Trinajstić information content (AvgIpc) is 1.61. The summed E-state index contributed by atoms with van der Waals surface area (Å²) in [6.45, 7) is 20.1. The third kappa shape index (κ3) is 30.2. The van der Waals surface area contributed by atoms with Crippen LogP contribution in [-0.2, 0) is 104 Å². The van der Waals surface area contributed by atoms with Crippen molar-refractivity contribution in [2.45, 2.75) is 88.5 Å². The van der Waals surface area contributed by atoms with Crippen molar-refractivity contribution < 1.29 is 99.2 Å². The Hall–Kier alpha value is -13.1. The van der Waals surface area contributed by atoms with E-state index in [1.54, 1.807) is 18.6 Å². The number of pyridine rings is 7. The molecule has 0 aliphatic carbocycles. The molecule has 0 atom stereocenters. The van der Waals surface area contributed by atoms with Crippen LogP contribution in [0.2, 0.25) is 0 Å². The van der Waals surface area contributed by atoms with Crippen molar-refractivity contribution >= 4 is 49.7 Å². The van der Waals surface area contributed by atoms with E-state index in [9.17, 15) is 4.79 Å². The summed E-state index contributed by atoms with van der Waals surface area (Å²) in [5, 5.41) is 13.0. The van der Waals surface area contributed by atoms with Gasteiger partial charge in [-0.15, -0.1) is 215 Å². The van der Waals surface area contributed by atoms with Gasteiger partial charge in [0, 0.05) is 146 Å². The smallest absolute Gasteiger partial charge is 0.155 e. The predicted molar refractivity (Wildman–Crippen MR) is 533 cm³/mol. The molecule has 0 saturated heterocycles. The minimum atomic E-state index is -0.125. The fraction of sp³-hybridized carbons (Fsp3) is 0.126. The van der Waals surface area contributed by atoms with Crippen LogP contribution in [-0.4, -0.2) is 45.8 Å². The van der Waals surface area contributed by atoms with Gasteiger partial charge in [-0.2, -0.15) is 0 Å². The first-order chi connectivity index (χ1) is 63.5. The summed E-state index contributed by atoms with van der Waals surface area (Å²) in [6.07, 6.45) is 17.2. The van der Waals surface area contributed by atoms with Gasteiger partial charge in [-0.3, -0.25) is 4.79 Å². The van der Waals surface area contributed by atoms with E-state index >= 15 is 0 Å². The van der Waals surface area contributed by atoms with Crippen LogP contribution in [0.3, 0.4) is 0 Å². The second-order valence-corrected chi connectivity index (χ2v) is 31.8. The van der Waals surface area contributed by atoms with Crippen LogP contribution in [0.4, 0.5) is 0 Å². The minimum Gasteiger partial charge on any atom is -0.512 e. The van der Waals surface area contributed by atoms with Crippen LogP contribution in [0.5, 0.6) is 0 Å². The fourth-order valence-electron chi connectivity index (χ4n) is 14.4. The van der Waals surface area contributed by atoms with Crippen LogP contribution < -0.4 is 0 Å². The molecule has 9 heterocycles. The van der Waals surface area contributed by atoms with Crippen LogP contribution in [0.1, 0.15) is 81.8 Å². The van der Waals surface area contributed by atoms with E-state index in [1.165, 1.54) is 86.3 Å². The van der Waals surface area contributed by atoms with E-state index in [0.29, 0.717) is 11.8 Å². The van der Waals surface area contributed by atoms with Crippen molar-refractivity contribution in [3.05, 3.63) is 465 Å². The maximum absolute atomic E-state index is 10.0. The Morgan fingerprint density at radius 1 is 0.321 bits per heavy atom. The Labute approximate surface area is 842 Å². The van der Waals surface area contributed by atoms with Gasteiger partial charge in [0.2, 0.25) is 0 Å². The van der Waals surface area contributed by atoms with Crippen molar-refractivity contribution in [3.63, 3.8) is 0 Å². The van der Waals surface area contributed by atoms with Crippen molar-refractivity contribution in [1.29, 1.82) is 0 Å². The maximum atomic E-state index is 10.0. The van der Waals surface area contributed by atoms with E-state index in [2.05, 4.69) is 245 Å². The molecule has 15 heteroatoms. The van der Waals surface area contributed by atoms with E-state index in [1.807, 2.05) is 246 Å². The summed E-state index contributed by atoms with van der Waals surface area (Å²) >= 11 is 0. The largest absolute Gasteiger partial charge is 0.512 e. The zero-order chi connectivity index (χ0) is 90.8. The second kappa shape index (κ2) is 54.1. The Morgan fingerprint density at radius 3 is 1.04 bits per heavy atom. The molecule has 1 N–H and O–H groups in total. The number of hydrogen-bond acceptors (Lipinski definition) is 11. The molecule has 0 fully saturated rings. The number of aliphatic hydroxyl groups excluding tert-OH is 1. The number of fused-ring (bicyclic) bond motifs is 6. The Morgan fingerprint density at radius 2 is 0.679 bits per heavy atom. The van der Waals surface area contributed by atoms with E-state index in [0.717, 1.165) is 131 Å². The van der Waals surface area contributed by atoms with Gasteiger partial charge in [0.05, 0.1) is 16.9 Å². The molecule has 9 aromatic heterocycles. The fourth-order valence-corrected chi connectivity index (χ4v) is 14.4. The molecule has 0 bridgehead atoms. The number of nitrogens with zero attached hydrogens (tertiary/aromatic N) is 7. The summed E-state index contributed by atoms with van der Waals surface area (Å²) in [5.74, 6) is 1.12. The SMILES string of the molecule is CC(=O)C=C(C)O.CC(C)Cc1cccc2c1oc1c(-c3ccccn3)[c-]ccc12.CC(C)Cc1cccc2c1oc1c(-c3ccccn3)[c-]ccc12.CCc1cc(-c2[c-]cccc2)ncc1-c1ccccc1.Cc1ccc(-c2[c-]ccc(-c3ccccc3)c2)nc1.Cc1ccc(-c2[c-]cccc2)nc1.Cc1ccc(-c2[c-]cccc2)nc1.[Ir].[Ir].[Ir].[Ir].[c-]1ccccc1-c1ccccn1. The average molecular weight is 2460 g/mol. The molecule has 4 radical (unpaired) electrons. The van der Waals surface area contributed by atoms with E-state index in [-0.39, 0.29) is 92.0 Å². The summed E-state index contributed by atoms with van der Waals surface area (Å²) in [5.41, 5.74) is 29.7. The summed E-state index contributed by atoms with van der Waals surface area (Å²) in [6, 6.07) is 134. The normalized spacial score (nSPS) is 10.4. The van der Waals surface area contributed by atoms with Crippen LogP contribution >= 0.6 is 0 Å². The van der Waals surface area contributed by atoms with Gasteiger partial charge in [-0.1, -0.05) is 232 Å². The topological polar surface area (TPSA) is 154 Å². The van der Waals surface area contributed by atoms with E-state index < -0.39 is 0 Å². The molecule has 0 aliphatic rings. The Kier molecular flexibility index (Phi) is 42.3. The van der Waals surface area contributed by atoms with Crippen LogP contribution in [0.25, 0.3) is 145 Å². The molecule has 11 nitrogen and oxygen atoms in total. The minimum absolute atomic E-state index is 0. The number of allylic oxidation sites excluding steroid dienone is 2. The van der Waals surface area contributed by atoms with Gasteiger partial charge >= 0.3 is 0 Å². The zero-order valence-corrected chi connectivity index (χ0v) is 85.9. The molecule has 0 amide bonds. The predicted octanol–water partition coefficient (Wildman–Crippen LogP) is 29.9. The molecule has 0 spiro atoms. The first kappa shape index (κ1) is 105. The molecule has 0 unspecified atom stereocenters. The van der Waals surface area contributed by atoms with Crippen molar-refractivity contribution in [2.24, 2.45) is 11.8 Å². The molecule has 0 aliphatic heterocycles. The van der Waals surface area contributed by atoms with Crippen molar-refractivity contribution in [3.8, 4) is 101 Å². The molecule has 134 heavy (non-hydrogen) atoms. The number of rotatable bonds is 15. The summed E-state index contributed by atoms with van der Waals surface area (Å²) < 4.78 is 12.6.